The maximum atomic E-state index is 11.7. The second-order valence-corrected chi connectivity index (χ2v) is 4.68. The molecule has 0 saturated heterocycles. The van der Waals surface area contributed by atoms with Crippen molar-refractivity contribution in [2.75, 3.05) is 24.5 Å². The molecule has 0 aliphatic rings. The maximum Gasteiger partial charge on any atom is 0.239 e. The third-order valence-electron chi connectivity index (χ3n) is 2.83. The van der Waals surface area contributed by atoms with Gasteiger partial charge in [-0.25, -0.2) is 0 Å². The molecule has 0 aliphatic heterocycles. The Hall–Kier alpha value is -1.63. The molecule has 0 fully saturated rings. The summed E-state index contributed by atoms with van der Waals surface area (Å²) in [6, 6.07) is 0. The molecule has 1 aromatic rings. The molecule has 0 unspecified atom stereocenters. The number of likely N-dealkylation sites (N-methyl/N-ethyl adjacent to an activating group) is 2. The lowest BCUT2D eigenvalue weighted by molar-refractivity contribution is -0.119. The normalized spacial score (nSPS) is 10.3. The SMILES string of the molecule is CCNC(=O)CN(CC)c1c(C(N)=S)c(C)nn1C. The van der Waals surface area contributed by atoms with E-state index in [0.717, 1.165) is 17.1 Å². The molecule has 19 heavy (non-hydrogen) atoms. The zero-order valence-corrected chi connectivity index (χ0v) is 12.7. The number of anilines is 1. The molecular formula is C12H21N5OS. The van der Waals surface area contributed by atoms with Crippen LogP contribution in [-0.4, -0.2) is 40.3 Å². The lowest BCUT2D eigenvalue weighted by Gasteiger charge is -2.23. The summed E-state index contributed by atoms with van der Waals surface area (Å²) in [7, 11) is 1.82. The summed E-state index contributed by atoms with van der Waals surface area (Å²) in [6.07, 6.45) is 0. The van der Waals surface area contributed by atoms with Gasteiger partial charge in [-0.05, 0) is 20.8 Å². The van der Waals surface area contributed by atoms with E-state index in [1.54, 1.807) is 4.68 Å². The summed E-state index contributed by atoms with van der Waals surface area (Å²) >= 11 is 5.08. The van der Waals surface area contributed by atoms with Gasteiger partial charge in [0.1, 0.15) is 10.8 Å². The van der Waals surface area contributed by atoms with Crippen molar-refractivity contribution in [2.24, 2.45) is 12.8 Å². The smallest absolute Gasteiger partial charge is 0.239 e. The largest absolute Gasteiger partial charge is 0.389 e. The van der Waals surface area contributed by atoms with Gasteiger partial charge in [-0.15, -0.1) is 0 Å². The first-order chi connectivity index (χ1) is 8.92. The van der Waals surface area contributed by atoms with Crippen molar-refractivity contribution in [2.45, 2.75) is 20.8 Å². The Bertz CT molecular complexity index is 483. The van der Waals surface area contributed by atoms with E-state index in [1.807, 2.05) is 32.7 Å². The molecule has 0 bridgehead atoms. The van der Waals surface area contributed by atoms with Crippen molar-refractivity contribution < 1.29 is 4.79 Å². The van der Waals surface area contributed by atoms with Crippen LogP contribution in [0.15, 0.2) is 0 Å². The van der Waals surface area contributed by atoms with E-state index in [2.05, 4.69) is 10.4 Å². The van der Waals surface area contributed by atoms with Crippen LogP contribution in [0, 0.1) is 6.92 Å². The second kappa shape index (κ2) is 6.51. The first-order valence-corrected chi connectivity index (χ1v) is 6.68. The van der Waals surface area contributed by atoms with Crippen LogP contribution in [0.1, 0.15) is 25.1 Å². The van der Waals surface area contributed by atoms with Gasteiger partial charge in [0.25, 0.3) is 0 Å². The van der Waals surface area contributed by atoms with Crippen LogP contribution >= 0.6 is 12.2 Å². The van der Waals surface area contributed by atoms with Gasteiger partial charge in [-0.3, -0.25) is 9.48 Å². The highest BCUT2D eigenvalue weighted by molar-refractivity contribution is 7.80. The highest BCUT2D eigenvalue weighted by Gasteiger charge is 2.21. The molecule has 0 spiro atoms. The van der Waals surface area contributed by atoms with Crippen molar-refractivity contribution in [3.63, 3.8) is 0 Å². The van der Waals surface area contributed by atoms with Crippen LogP contribution in [0.5, 0.6) is 0 Å². The van der Waals surface area contributed by atoms with Gasteiger partial charge >= 0.3 is 0 Å². The van der Waals surface area contributed by atoms with Crippen molar-refractivity contribution in [3.05, 3.63) is 11.3 Å². The zero-order chi connectivity index (χ0) is 14.6. The number of aromatic nitrogens is 2. The molecule has 1 amide bonds. The molecule has 0 aromatic carbocycles. The van der Waals surface area contributed by atoms with Gasteiger partial charge in [0, 0.05) is 20.1 Å². The Balaban J connectivity index is 3.11. The number of nitrogens with zero attached hydrogens (tertiary/aromatic N) is 3. The van der Waals surface area contributed by atoms with Crippen LogP contribution in [0.3, 0.4) is 0 Å². The monoisotopic (exact) mass is 283 g/mol. The summed E-state index contributed by atoms with van der Waals surface area (Å²) in [5.74, 6) is 0.760. The van der Waals surface area contributed by atoms with Gasteiger partial charge in [-0.1, -0.05) is 12.2 Å². The molecule has 6 nitrogen and oxygen atoms in total. The summed E-state index contributed by atoms with van der Waals surface area (Å²) in [4.78, 5) is 14.0. The molecule has 0 radical (unpaired) electrons. The average Bonchev–Trinajstić information content (AvgIpc) is 2.61. The summed E-state index contributed by atoms with van der Waals surface area (Å²) in [5, 5.41) is 7.11. The van der Waals surface area contributed by atoms with Gasteiger partial charge in [0.2, 0.25) is 5.91 Å². The quantitative estimate of drug-likeness (QED) is 0.736. The fourth-order valence-corrected chi connectivity index (χ4v) is 2.30. The van der Waals surface area contributed by atoms with Crippen LogP contribution in [0.2, 0.25) is 0 Å². The van der Waals surface area contributed by atoms with Crippen LogP contribution in [-0.2, 0) is 11.8 Å². The number of carbonyl (C=O) groups excluding carboxylic acids is 1. The van der Waals surface area contributed by atoms with Crippen LogP contribution in [0.25, 0.3) is 0 Å². The van der Waals surface area contributed by atoms with E-state index in [4.69, 9.17) is 18.0 Å². The molecule has 106 valence electrons. The highest BCUT2D eigenvalue weighted by Crippen LogP contribution is 2.22. The van der Waals surface area contributed by atoms with Gasteiger partial charge in [0.05, 0.1) is 17.8 Å². The van der Waals surface area contributed by atoms with Crippen molar-refractivity contribution >= 4 is 28.9 Å². The Morgan fingerprint density at radius 3 is 2.63 bits per heavy atom. The summed E-state index contributed by atoms with van der Waals surface area (Å²) in [6.45, 7) is 7.28. The first kappa shape index (κ1) is 15.4. The van der Waals surface area contributed by atoms with Gasteiger partial charge in [-0.2, -0.15) is 5.10 Å². The molecule has 1 heterocycles. The summed E-state index contributed by atoms with van der Waals surface area (Å²) < 4.78 is 1.71. The molecule has 3 N–H and O–H groups in total. The minimum Gasteiger partial charge on any atom is -0.389 e. The fraction of sp³-hybridized carbons (Fsp3) is 0.583. The number of thiocarbonyl (C=S) groups is 1. The van der Waals surface area contributed by atoms with Crippen LogP contribution in [0.4, 0.5) is 5.82 Å². The molecule has 1 aromatic heterocycles. The van der Waals surface area contributed by atoms with Crippen LogP contribution < -0.4 is 16.0 Å². The lowest BCUT2D eigenvalue weighted by Crippen LogP contribution is -2.38. The Labute approximate surface area is 118 Å². The minimum atomic E-state index is -0.0305. The first-order valence-electron chi connectivity index (χ1n) is 6.27. The number of nitrogens with one attached hydrogen (secondary N) is 1. The highest BCUT2D eigenvalue weighted by atomic mass is 32.1. The topological polar surface area (TPSA) is 76.2 Å². The standard InChI is InChI=1S/C12H21N5OS/c1-5-14-9(18)7-17(6-2)12-10(11(13)19)8(3)15-16(12)4/h5-7H2,1-4H3,(H2,13,19)(H,14,18). The third kappa shape index (κ3) is 3.44. The zero-order valence-electron chi connectivity index (χ0n) is 11.9. The lowest BCUT2D eigenvalue weighted by atomic mass is 10.2. The van der Waals surface area contributed by atoms with E-state index in [-0.39, 0.29) is 12.5 Å². The molecular weight excluding hydrogens is 262 g/mol. The Kier molecular flexibility index (Phi) is 5.29. The van der Waals surface area contributed by atoms with E-state index < -0.39 is 0 Å². The number of hydrogen-bond acceptors (Lipinski definition) is 4. The number of hydrogen-bond donors (Lipinski definition) is 2. The predicted octanol–water partition coefficient (Wildman–Crippen LogP) is 0.325. The third-order valence-corrected chi connectivity index (χ3v) is 3.03. The molecule has 0 atom stereocenters. The van der Waals surface area contributed by atoms with Crippen molar-refractivity contribution in [1.82, 2.24) is 15.1 Å². The number of nitrogens with two attached hydrogens (primary N) is 1. The fourth-order valence-electron chi connectivity index (χ4n) is 2.06. The van der Waals surface area contributed by atoms with Crippen molar-refractivity contribution in [1.29, 1.82) is 0 Å². The second-order valence-electron chi connectivity index (χ2n) is 4.24. The Morgan fingerprint density at radius 1 is 1.53 bits per heavy atom. The number of aryl methyl sites for hydroxylation is 2. The summed E-state index contributed by atoms with van der Waals surface area (Å²) in [5.41, 5.74) is 7.28. The van der Waals surface area contributed by atoms with Gasteiger partial charge < -0.3 is 16.0 Å². The maximum absolute atomic E-state index is 11.7. The predicted molar refractivity (Wildman–Crippen MR) is 80.4 cm³/mol. The van der Waals surface area contributed by atoms with E-state index in [9.17, 15) is 4.79 Å². The number of rotatable bonds is 6. The molecule has 7 heteroatoms. The van der Waals surface area contributed by atoms with E-state index in [0.29, 0.717) is 18.1 Å². The minimum absolute atomic E-state index is 0.0305. The van der Waals surface area contributed by atoms with Crippen molar-refractivity contribution in [3.8, 4) is 0 Å². The number of carbonyl (C=O) groups is 1. The number of amides is 1. The molecule has 0 saturated carbocycles. The van der Waals surface area contributed by atoms with Gasteiger partial charge in [0.15, 0.2) is 0 Å². The van der Waals surface area contributed by atoms with E-state index >= 15 is 0 Å². The molecule has 1 rings (SSSR count). The average molecular weight is 283 g/mol. The molecule has 0 aliphatic carbocycles. The van der Waals surface area contributed by atoms with E-state index in [1.165, 1.54) is 0 Å². The Morgan fingerprint density at radius 2 is 2.16 bits per heavy atom.